The van der Waals surface area contributed by atoms with Gasteiger partial charge >= 0.3 is 0 Å². The SMILES string of the molecule is CCc1cccc(OCC(=O)N[C@@H](c2ccccc2)c2cccs2)c1. The highest BCUT2D eigenvalue weighted by atomic mass is 32.1. The Morgan fingerprint density at radius 3 is 2.64 bits per heavy atom. The van der Waals surface area contributed by atoms with Gasteiger partial charge < -0.3 is 10.1 Å². The highest BCUT2D eigenvalue weighted by Crippen LogP contribution is 2.25. The Balaban J connectivity index is 1.66. The van der Waals surface area contributed by atoms with Crippen LogP contribution < -0.4 is 10.1 Å². The van der Waals surface area contributed by atoms with Crippen LogP contribution in [0.5, 0.6) is 5.75 Å². The van der Waals surface area contributed by atoms with Crippen LogP contribution in [0.4, 0.5) is 0 Å². The molecule has 0 fully saturated rings. The van der Waals surface area contributed by atoms with E-state index in [0.717, 1.165) is 22.6 Å². The summed E-state index contributed by atoms with van der Waals surface area (Å²) < 4.78 is 5.66. The van der Waals surface area contributed by atoms with Gasteiger partial charge in [-0.05, 0) is 41.1 Å². The smallest absolute Gasteiger partial charge is 0.258 e. The van der Waals surface area contributed by atoms with Gasteiger partial charge in [-0.2, -0.15) is 0 Å². The lowest BCUT2D eigenvalue weighted by atomic mass is 10.1. The molecular formula is C21H21NO2S. The molecule has 0 unspecified atom stereocenters. The fourth-order valence-corrected chi connectivity index (χ4v) is 3.43. The molecule has 0 saturated heterocycles. The maximum Gasteiger partial charge on any atom is 0.258 e. The molecule has 0 radical (unpaired) electrons. The lowest BCUT2D eigenvalue weighted by Crippen LogP contribution is -2.32. The molecule has 2 aromatic carbocycles. The number of amides is 1. The van der Waals surface area contributed by atoms with E-state index in [1.54, 1.807) is 11.3 Å². The van der Waals surface area contributed by atoms with E-state index in [1.165, 1.54) is 5.56 Å². The van der Waals surface area contributed by atoms with Gasteiger partial charge in [0.1, 0.15) is 5.75 Å². The molecule has 1 heterocycles. The van der Waals surface area contributed by atoms with Gasteiger partial charge in [0, 0.05) is 4.88 Å². The number of aryl methyl sites for hydroxylation is 1. The first kappa shape index (κ1) is 17.2. The Bertz CT molecular complexity index is 800. The van der Waals surface area contributed by atoms with E-state index >= 15 is 0 Å². The van der Waals surface area contributed by atoms with Gasteiger partial charge in [-0.25, -0.2) is 0 Å². The molecule has 0 bridgehead atoms. The number of rotatable bonds is 7. The maximum absolute atomic E-state index is 12.4. The predicted octanol–water partition coefficient (Wildman–Crippen LogP) is 4.60. The van der Waals surface area contributed by atoms with Crippen molar-refractivity contribution in [2.24, 2.45) is 0 Å². The first-order valence-electron chi connectivity index (χ1n) is 8.35. The minimum Gasteiger partial charge on any atom is -0.484 e. The molecule has 0 aliphatic carbocycles. The molecule has 1 atom stereocenters. The lowest BCUT2D eigenvalue weighted by molar-refractivity contribution is -0.123. The number of benzene rings is 2. The number of thiophene rings is 1. The van der Waals surface area contributed by atoms with Crippen molar-refractivity contribution < 1.29 is 9.53 Å². The second-order valence-electron chi connectivity index (χ2n) is 5.72. The molecule has 0 spiro atoms. The standard InChI is InChI=1S/C21H21NO2S/c1-2-16-8-6-11-18(14-16)24-15-20(23)22-21(19-12-7-13-25-19)17-9-4-3-5-10-17/h3-14,21H,2,15H2,1H3,(H,22,23)/t21-/m0/s1. The van der Waals surface area contributed by atoms with E-state index < -0.39 is 0 Å². The van der Waals surface area contributed by atoms with Gasteiger partial charge in [-0.3, -0.25) is 4.79 Å². The molecule has 1 N–H and O–H groups in total. The number of hydrogen-bond acceptors (Lipinski definition) is 3. The highest BCUT2D eigenvalue weighted by Gasteiger charge is 2.17. The van der Waals surface area contributed by atoms with Crippen molar-refractivity contribution in [2.45, 2.75) is 19.4 Å². The second-order valence-corrected chi connectivity index (χ2v) is 6.70. The van der Waals surface area contributed by atoms with Crippen molar-refractivity contribution in [1.82, 2.24) is 5.32 Å². The van der Waals surface area contributed by atoms with Crippen LogP contribution in [0.25, 0.3) is 0 Å². The first-order chi connectivity index (χ1) is 12.3. The summed E-state index contributed by atoms with van der Waals surface area (Å²) in [5, 5.41) is 5.10. The Kier molecular flexibility index (Phi) is 5.86. The summed E-state index contributed by atoms with van der Waals surface area (Å²) in [6.45, 7) is 2.10. The van der Waals surface area contributed by atoms with Gasteiger partial charge in [0.15, 0.2) is 6.61 Å². The summed E-state index contributed by atoms with van der Waals surface area (Å²) in [7, 11) is 0. The van der Waals surface area contributed by atoms with E-state index in [0.29, 0.717) is 0 Å². The van der Waals surface area contributed by atoms with Gasteiger partial charge in [-0.15, -0.1) is 11.3 Å². The topological polar surface area (TPSA) is 38.3 Å². The Morgan fingerprint density at radius 1 is 1.08 bits per heavy atom. The van der Waals surface area contributed by atoms with Crippen LogP contribution >= 0.6 is 11.3 Å². The lowest BCUT2D eigenvalue weighted by Gasteiger charge is -2.18. The van der Waals surface area contributed by atoms with Crippen LogP contribution in [0.15, 0.2) is 72.1 Å². The number of nitrogens with one attached hydrogen (secondary N) is 1. The fraction of sp³-hybridized carbons (Fsp3) is 0.190. The monoisotopic (exact) mass is 351 g/mol. The zero-order chi connectivity index (χ0) is 17.5. The van der Waals surface area contributed by atoms with Crippen molar-refractivity contribution in [3.8, 4) is 5.75 Å². The van der Waals surface area contributed by atoms with Crippen LogP contribution in [0.1, 0.15) is 29.0 Å². The summed E-state index contributed by atoms with van der Waals surface area (Å²) in [5.41, 5.74) is 2.25. The number of carbonyl (C=O) groups is 1. The summed E-state index contributed by atoms with van der Waals surface area (Å²) in [6.07, 6.45) is 0.942. The van der Waals surface area contributed by atoms with Crippen molar-refractivity contribution in [1.29, 1.82) is 0 Å². The number of carbonyl (C=O) groups excluding carboxylic acids is 1. The average Bonchev–Trinajstić information content (AvgIpc) is 3.20. The molecule has 1 amide bonds. The third-order valence-corrected chi connectivity index (χ3v) is 4.88. The third-order valence-electron chi connectivity index (χ3n) is 3.94. The zero-order valence-corrected chi connectivity index (χ0v) is 15.0. The van der Waals surface area contributed by atoms with Crippen LogP contribution in [0, 0.1) is 0 Å². The van der Waals surface area contributed by atoms with E-state index in [9.17, 15) is 4.79 Å². The molecule has 25 heavy (non-hydrogen) atoms. The molecule has 1 aromatic heterocycles. The van der Waals surface area contributed by atoms with Crippen LogP contribution in [0.2, 0.25) is 0 Å². The van der Waals surface area contributed by atoms with E-state index in [-0.39, 0.29) is 18.6 Å². The van der Waals surface area contributed by atoms with Gasteiger partial charge in [0.05, 0.1) is 6.04 Å². The van der Waals surface area contributed by atoms with Crippen LogP contribution in [0.3, 0.4) is 0 Å². The second kappa shape index (κ2) is 8.49. The fourth-order valence-electron chi connectivity index (χ4n) is 2.63. The molecule has 4 heteroatoms. The molecule has 0 aliphatic heterocycles. The van der Waals surface area contributed by atoms with Gasteiger partial charge in [-0.1, -0.05) is 55.5 Å². The summed E-state index contributed by atoms with van der Waals surface area (Å²) in [4.78, 5) is 13.5. The normalized spacial score (nSPS) is 11.7. The predicted molar refractivity (Wildman–Crippen MR) is 102 cm³/mol. The molecule has 3 rings (SSSR count). The Labute approximate surface area is 152 Å². The Hall–Kier alpha value is -2.59. The number of hydrogen-bond donors (Lipinski definition) is 1. The van der Waals surface area contributed by atoms with E-state index in [4.69, 9.17) is 4.74 Å². The molecule has 0 aliphatic rings. The van der Waals surface area contributed by atoms with Gasteiger partial charge in [0.25, 0.3) is 5.91 Å². The number of ether oxygens (including phenoxy) is 1. The van der Waals surface area contributed by atoms with E-state index in [1.807, 2.05) is 66.0 Å². The van der Waals surface area contributed by atoms with Crippen molar-refractivity contribution in [2.75, 3.05) is 6.61 Å². The average molecular weight is 351 g/mol. The summed E-state index contributed by atoms with van der Waals surface area (Å²) >= 11 is 1.63. The van der Waals surface area contributed by atoms with Crippen LogP contribution in [-0.4, -0.2) is 12.5 Å². The Morgan fingerprint density at radius 2 is 1.92 bits per heavy atom. The minimum absolute atomic E-state index is 0.00186. The van der Waals surface area contributed by atoms with Crippen molar-refractivity contribution in [3.63, 3.8) is 0 Å². The molecule has 3 nitrogen and oxygen atoms in total. The van der Waals surface area contributed by atoms with Crippen molar-refractivity contribution in [3.05, 3.63) is 88.1 Å². The third kappa shape index (κ3) is 4.70. The van der Waals surface area contributed by atoms with Crippen LogP contribution in [-0.2, 0) is 11.2 Å². The summed E-state index contributed by atoms with van der Waals surface area (Å²) in [6, 6.07) is 21.7. The van der Waals surface area contributed by atoms with Crippen molar-refractivity contribution >= 4 is 17.2 Å². The molecule has 0 saturated carbocycles. The first-order valence-corrected chi connectivity index (χ1v) is 9.23. The van der Waals surface area contributed by atoms with E-state index in [2.05, 4.69) is 18.3 Å². The molecule has 3 aromatic rings. The molecular weight excluding hydrogens is 330 g/mol. The summed E-state index contributed by atoms with van der Waals surface area (Å²) in [5.74, 6) is 0.589. The minimum atomic E-state index is -0.153. The molecule has 128 valence electrons. The van der Waals surface area contributed by atoms with Gasteiger partial charge in [0.2, 0.25) is 0 Å². The highest BCUT2D eigenvalue weighted by molar-refractivity contribution is 7.10. The largest absolute Gasteiger partial charge is 0.484 e. The maximum atomic E-state index is 12.4. The zero-order valence-electron chi connectivity index (χ0n) is 14.1. The quantitative estimate of drug-likeness (QED) is 0.676.